The van der Waals surface area contributed by atoms with Crippen molar-refractivity contribution in [2.75, 3.05) is 7.11 Å². The third-order valence-electron chi connectivity index (χ3n) is 2.80. The highest BCUT2D eigenvalue weighted by molar-refractivity contribution is 6.35. The molecule has 1 N–H and O–H groups in total. The Morgan fingerprint density at radius 1 is 1.20 bits per heavy atom. The van der Waals surface area contributed by atoms with Crippen molar-refractivity contribution >= 4 is 29.2 Å². The van der Waals surface area contributed by atoms with E-state index >= 15 is 0 Å². The van der Waals surface area contributed by atoms with E-state index in [1.165, 1.54) is 0 Å². The number of carboxylic acid groups (broad SMARTS) is 1. The van der Waals surface area contributed by atoms with Gasteiger partial charge in [-0.2, -0.15) is 0 Å². The van der Waals surface area contributed by atoms with E-state index in [0.717, 1.165) is 5.56 Å². The average molecular weight is 289 g/mol. The first-order valence-corrected chi connectivity index (χ1v) is 6.33. The van der Waals surface area contributed by atoms with Crippen LogP contribution in [0.1, 0.15) is 11.1 Å². The molecule has 0 heterocycles. The molecule has 4 heteroatoms. The fourth-order valence-electron chi connectivity index (χ4n) is 1.83. The monoisotopic (exact) mass is 288 g/mol. The summed E-state index contributed by atoms with van der Waals surface area (Å²) < 4.78 is 5.12. The molecule has 0 aromatic heterocycles. The Hall–Kier alpha value is -2.26. The molecule has 0 aliphatic carbocycles. The van der Waals surface area contributed by atoms with Gasteiger partial charge in [0.25, 0.3) is 0 Å². The number of rotatable bonds is 4. The maximum absolute atomic E-state index is 11.5. The maximum atomic E-state index is 11.5. The Balaban J connectivity index is 2.51. The zero-order valence-corrected chi connectivity index (χ0v) is 11.6. The summed E-state index contributed by atoms with van der Waals surface area (Å²) in [5.74, 6) is -0.358. The van der Waals surface area contributed by atoms with E-state index < -0.39 is 5.97 Å². The van der Waals surface area contributed by atoms with Gasteiger partial charge in [-0.25, -0.2) is 4.79 Å². The molecule has 0 unspecified atom stereocenters. The standard InChI is InChI=1S/C16H13ClO3/c1-20-12-6-4-5-11(9-12)10-14(16(18)19)13-7-2-3-8-15(13)17/h2-10H,1H3,(H,18,19)/b14-10+. The first-order chi connectivity index (χ1) is 9.61. The fraction of sp³-hybridized carbons (Fsp3) is 0.0625. The molecule has 2 aromatic rings. The number of hydrogen-bond acceptors (Lipinski definition) is 2. The Kier molecular flexibility index (Phi) is 4.43. The fourth-order valence-corrected chi connectivity index (χ4v) is 2.07. The van der Waals surface area contributed by atoms with Crippen LogP contribution in [-0.4, -0.2) is 18.2 Å². The van der Waals surface area contributed by atoms with Crippen LogP contribution in [0.5, 0.6) is 5.75 Å². The number of hydrogen-bond donors (Lipinski definition) is 1. The van der Waals surface area contributed by atoms with Gasteiger partial charge < -0.3 is 9.84 Å². The second-order valence-electron chi connectivity index (χ2n) is 4.12. The van der Waals surface area contributed by atoms with Crippen molar-refractivity contribution < 1.29 is 14.6 Å². The van der Waals surface area contributed by atoms with E-state index in [9.17, 15) is 9.90 Å². The number of benzene rings is 2. The van der Waals surface area contributed by atoms with Crippen molar-refractivity contribution in [2.24, 2.45) is 0 Å². The molecule has 0 bridgehead atoms. The molecule has 3 nitrogen and oxygen atoms in total. The topological polar surface area (TPSA) is 46.5 Å². The lowest BCUT2D eigenvalue weighted by Crippen LogP contribution is -2.00. The van der Waals surface area contributed by atoms with Crippen molar-refractivity contribution in [2.45, 2.75) is 0 Å². The Bertz CT molecular complexity index is 662. The van der Waals surface area contributed by atoms with Crippen LogP contribution in [0.3, 0.4) is 0 Å². The third-order valence-corrected chi connectivity index (χ3v) is 3.13. The minimum absolute atomic E-state index is 0.142. The van der Waals surface area contributed by atoms with Gasteiger partial charge in [-0.1, -0.05) is 41.9 Å². The molecular formula is C16H13ClO3. The van der Waals surface area contributed by atoms with Gasteiger partial charge in [-0.05, 0) is 29.8 Å². The third kappa shape index (κ3) is 3.19. The summed E-state index contributed by atoms with van der Waals surface area (Å²) in [5.41, 5.74) is 1.37. The second kappa shape index (κ2) is 6.26. The van der Waals surface area contributed by atoms with Crippen LogP contribution in [0, 0.1) is 0 Å². The second-order valence-corrected chi connectivity index (χ2v) is 4.53. The Labute approximate surface area is 122 Å². The van der Waals surface area contributed by atoms with Crippen LogP contribution in [-0.2, 0) is 4.79 Å². The zero-order valence-electron chi connectivity index (χ0n) is 10.8. The highest BCUT2D eigenvalue weighted by Gasteiger charge is 2.13. The summed E-state index contributed by atoms with van der Waals surface area (Å²) >= 11 is 6.06. The van der Waals surface area contributed by atoms with Crippen molar-refractivity contribution in [1.29, 1.82) is 0 Å². The summed E-state index contributed by atoms with van der Waals surface area (Å²) in [5, 5.41) is 9.79. The predicted octanol–water partition coefficient (Wildman–Crippen LogP) is 3.97. The summed E-state index contributed by atoms with van der Waals surface area (Å²) in [6, 6.07) is 14.0. The first-order valence-electron chi connectivity index (χ1n) is 5.96. The molecule has 20 heavy (non-hydrogen) atoms. The Morgan fingerprint density at radius 2 is 1.95 bits per heavy atom. The molecule has 0 amide bonds. The summed E-state index contributed by atoms with van der Waals surface area (Å²) in [7, 11) is 1.56. The van der Waals surface area contributed by atoms with Gasteiger partial charge in [-0.15, -0.1) is 0 Å². The van der Waals surface area contributed by atoms with Gasteiger partial charge in [0.05, 0.1) is 12.7 Å². The van der Waals surface area contributed by atoms with E-state index in [0.29, 0.717) is 16.3 Å². The lowest BCUT2D eigenvalue weighted by molar-refractivity contribution is -0.130. The molecule has 0 atom stereocenters. The molecule has 0 fully saturated rings. The first kappa shape index (κ1) is 14.2. The number of carboxylic acids is 1. The van der Waals surface area contributed by atoms with Gasteiger partial charge in [-0.3, -0.25) is 0 Å². The van der Waals surface area contributed by atoms with Gasteiger partial charge in [0, 0.05) is 10.6 Å². The molecule has 2 aromatic carbocycles. The predicted molar refractivity (Wildman–Crippen MR) is 80.0 cm³/mol. The normalized spacial score (nSPS) is 11.2. The summed E-state index contributed by atoms with van der Waals surface area (Å²) in [4.78, 5) is 11.5. The zero-order chi connectivity index (χ0) is 14.5. The van der Waals surface area contributed by atoms with E-state index in [1.54, 1.807) is 55.7 Å². The Morgan fingerprint density at radius 3 is 2.60 bits per heavy atom. The van der Waals surface area contributed by atoms with E-state index in [4.69, 9.17) is 16.3 Å². The molecule has 102 valence electrons. The smallest absolute Gasteiger partial charge is 0.336 e. The molecule has 0 radical (unpaired) electrons. The van der Waals surface area contributed by atoms with Crippen molar-refractivity contribution in [3.8, 4) is 5.75 Å². The lowest BCUT2D eigenvalue weighted by Gasteiger charge is -2.06. The maximum Gasteiger partial charge on any atom is 0.336 e. The quantitative estimate of drug-likeness (QED) is 0.684. The molecule has 0 aliphatic rings. The van der Waals surface area contributed by atoms with Gasteiger partial charge in [0.1, 0.15) is 5.75 Å². The SMILES string of the molecule is COc1cccc(/C=C(/C(=O)O)c2ccccc2Cl)c1. The largest absolute Gasteiger partial charge is 0.497 e. The summed E-state index contributed by atoms with van der Waals surface area (Å²) in [6.07, 6.45) is 1.58. The van der Waals surface area contributed by atoms with Gasteiger partial charge in [0.15, 0.2) is 0 Å². The number of ether oxygens (including phenoxy) is 1. The lowest BCUT2D eigenvalue weighted by atomic mass is 10.0. The van der Waals surface area contributed by atoms with Crippen molar-refractivity contribution in [3.05, 3.63) is 64.7 Å². The van der Waals surface area contributed by atoms with Crippen LogP contribution in [0.2, 0.25) is 5.02 Å². The van der Waals surface area contributed by atoms with Crippen molar-refractivity contribution in [1.82, 2.24) is 0 Å². The molecule has 0 aliphatic heterocycles. The molecule has 0 spiro atoms. The van der Waals surface area contributed by atoms with Gasteiger partial charge >= 0.3 is 5.97 Å². The van der Waals surface area contributed by atoms with E-state index in [2.05, 4.69) is 0 Å². The van der Waals surface area contributed by atoms with Crippen LogP contribution >= 0.6 is 11.6 Å². The number of halogens is 1. The highest BCUT2D eigenvalue weighted by atomic mass is 35.5. The van der Waals surface area contributed by atoms with Crippen LogP contribution in [0.25, 0.3) is 11.6 Å². The van der Waals surface area contributed by atoms with Crippen LogP contribution in [0.15, 0.2) is 48.5 Å². The minimum atomic E-state index is -1.03. The molecule has 2 rings (SSSR count). The molecular weight excluding hydrogens is 276 g/mol. The van der Waals surface area contributed by atoms with Crippen molar-refractivity contribution in [3.63, 3.8) is 0 Å². The van der Waals surface area contributed by atoms with Gasteiger partial charge in [0.2, 0.25) is 0 Å². The number of carbonyl (C=O) groups is 1. The van der Waals surface area contributed by atoms with Crippen LogP contribution in [0.4, 0.5) is 0 Å². The minimum Gasteiger partial charge on any atom is -0.497 e. The molecule has 0 saturated heterocycles. The van der Waals surface area contributed by atoms with E-state index in [-0.39, 0.29) is 5.57 Å². The molecule has 0 saturated carbocycles. The summed E-state index contributed by atoms with van der Waals surface area (Å²) in [6.45, 7) is 0. The number of aliphatic carboxylic acids is 1. The van der Waals surface area contributed by atoms with Crippen LogP contribution < -0.4 is 4.74 Å². The number of methoxy groups -OCH3 is 1. The van der Waals surface area contributed by atoms with E-state index in [1.807, 2.05) is 6.07 Å². The average Bonchev–Trinajstić information content (AvgIpc) is 2.45. The highest BCUT2D eigenvalue weighted by Crippen LogP contribution is 2.26.